The van der Waals surface area contributed by atoms with Gasteiger partial charge in [0.2, 0.25) is 5.91 Å². The number of phenols is 1. The van der Waals surface area contributed by atoms with E-state index in [9.17, 15) is 4.79 Å². The van der Waals surface area contributed by atoms with Gasteiger partial charge in [-0.1, -0.05) is 12.1 Å². The fourth-order valence-corrected chi connectivity index (χ4v) is 1.12. The molecule has 1 aromatic carbocycles. The summed E-state index contributed by atoms with van der Waals surface area (Å²) in [4.78, 5) is 11.4. The van der Waals surface area contributed by atoms with E-state index in [0.29, 0.717) is 5.56 Å². The molecule has 0 aromatic heterocycles. The van der Waals surface area contributed by atoms with Crippen molar-refractivity contribution in [2.75, 3.05) is 13.2 Å². The molecule has 1 aromatic rings. The number of carbonyl (C=O) groups is 1. The standard InChI is InChI=1S/C10H14N2O3.ClH/c11-9(10(15)12-5-6-13)7-1-3-8(14)4-2-7;/h1-4,9,13-14H,5-6,11H2,(H,12,15);1H. The highest BCUT2D eigenvalue weighted by molar-refractivity contribution is 5.85. The lowest BCUT2D eigenvalue weighted by molar-refractivity contribution is -0.122. The number of rotatable bonds is 4. The van der Waals surface area contributed by atoms with Crippen LogP contribution in [0, 0.1) is 0 Å². The first-order valence-corrected chi connectivity index (χ1v) is 4.58. The number of benzene rings is 1. The molecule has 0 fully saturated rings. The maximum Gasteiger partial charge on any atom is 0.241 e. The quantitative estimate of drug-likeness (QED) is 0.598. The molecule has 0 saturated heterocycles. The summed E-state index contributed by atoms with van der Waals surface area (Å²) in [7, 11) is 0. The summed E-state index contributed by atoms with van der Waals surface area (Å²) in [5, 5.41) is 20.0. The second-order valence-corrected chi connectivity index (χ2v) is 3.08. The number of nitrogens with one attached hydrogen (secondary N) is 1. The molecule has 1 unspecified atom stereocenters. The van der Waals surface area contributed by atoms with Gasteiger partial charge in [0.25, 0.3) is 0 Å². The maximum atomic E-state index is 11.4. The molecule has 0 bridgehead atoms. The van der Waals surface area contributed by atoms with Crippen LogP contribution in [0.4, 0.5) is 0 Å². The van der Waals surface area contributed by atoms with Gasteiger partial charge in [0.1, 0.15) is 11.8 Å². The highest BCUT2D eigenvalue weighted by Gasteiger charge is 2.14. The van der Waals surface area contributed by atoms with E-state index >= 15 is 0 Å². The van der Waals surface area contributed by atoms with Crippen LogP contribution in [0.1, 0.15) is 11.6 Å². The fourth-order valence-electron chi connectivity index (χ4n) is 1.12. The highest BCUT2D eigenvalue weighted by atomic mass is 35.5. The average Bonchev–Trinajstić information content (AvgIpc) is 2.26. The number of aliphatic hydroxyl groups excluding tert-OH is 1. The molecular formula is C10H15ClN2O3. The summed E-state index contributed by atoms with van der Waals surface area (Å²) in [6, 6.07) is 5.32. The van der Waals surface area contributed by atoms with Crippen molar-refractivity contribution >= 4 is 18.3 Å². The number of aromatic hydroxyl groups is 1. The van der Waals surface area contributed by atoms with Gasteiger partial charge >= 0.3 is 0 Å². The second-order valence-electron chi connectivity index (χ2n) is 3.08. The summed E-state index contributed by atoms with van der Waals surface area (Å²) in [5.41, 5.74) is 6.27. The molecule has 0 aliphatic rings. The zero-order chi connectivity index (χ0) is 11.3. The topological polar surface area (TPSA) is 95.6 Å². The Bertz CT molecular complexity index is 329. The molecule has 5 N–H and O–H groups in total. The minimum Gasteiger partial charge on any atom is -0.508 e. The third-order valence-corrected chi connectivity index (χ3v) is 1.95. The summed E-state index contributed by atoms with van der Waals surface area (Å²) < 4.78 is 0. The third kappa shape index (κ3) is 4.06. The number of hydrogen-bond donors (Lipinski definition) is 4. The van der Waals surface area contributed by atoms with Crippen LogP contribution < -0.4 is 11.1 Å². The summed E-state index contributed by atoms with van der Waals surface area (Å²) in [6.45, 7) is 0.0681. The Labute approximate surface area is 99.7 Å². The van der Waals surface area contributed by atoms with Crippen molar-refractivity contribution in [2.24, 2.45) is 5.73 Å². The number of amides is 1. The predicted octanol–water partition coefficient (Wildman–Crippen LogP) is -0.0777. The lowest BCUT2D eigenvalue weighted by Crippen LogP contribution is -2.35. The molecule has 1 rings (SSSR count). The van der Waals surface area contributed by atoms with Gasteiger partial charge in [0.05, 0.1) is 6.61 Å². The van der Waals surface area contributed by atoms with Crippen LogP contribution in [0.3, 0.4) is 0 Å². The largest absolute Gasteiger partial charge is 0.508 e. The van der Waals surface area contributed by atoms with E-state index < -0.39 is 6.04 Å². The van der Waals surface area contributed by atoms with Gasteiger partial charge in [0, 0.05) is 6.54 Å². The fraction of sp³-hybridized carbons (Fsp3) is 0.300. The van der Waals surface area contributed by atoms with Crippen LogP contribution in [-0.4, -0.2) is 29.3 Å². The second kappa shape index (κ2) is 7.05. The van der Waals surface area contributed by atoms with E-state index in [2.05, 4.69) is 5.32 Å². The van der Waals surface area contributed by atoms with Gasteiger partial charge < -0.3 is 21.3 Å². The van der Waals surface area contributed by atoms with Gasteiger partial charge in [-0.15, -0.1) is 12.4 Å². The Hall–Kier alpha value is -1.30. The lowest BCUT2D eigenvalue weighted by Gasteiger charge is -2.11. The first-order chi connectivity index (χ1) is 7.15. The zero-order valence-corrected chi connectivity index (χ0v) is 9.41. The minimum absolute atomic E-state index is 0. The summed E-state index contributed by atoms with van der Waals surface area (Å²) >= 11 is 0. The highest BCUT2D eigenvalue weighted by Crippen LogP contribution is 2.14. The van der Waals surface area contributed by atoms with E-state index in [1.807, 2.05) is 0 Å². The molecular weight excluding hydrogens is 232 g/mol. The van der Waals surface area contributed by atoms with Crippen LogP contribution in [0.5, 0.6) is 5.75 Å². The molecule has 5 nitrogen and oxygen atoms in total. The van der Waals surface area contributed by atoms with Crippen molar-refractivity contribution in [3.8, 4) is 5.75 Å². The van der Waals surface area contributed by atoms with Gasteiger partial charge in [-0.3, -0.25) is 4.79 Å². The van der Waals surface area contributed by atoms with Crippen molar-refractivity contribution in [2.45, 2.75) is 6.04 Å². The first kappa shape index (κ1) is 14.7. The van der Waals surface area contributed by atoms with Crippen LogP contribution in [-0.2, 0) is 4.79 Å². The predicted molar refractivity (Wildman–Crippen MR) is 62.4 cm³/mol. The summed E-state index contributed by atoms with van der Waals surface area (Å²) in [6.07, 6.45) is 0. The minimum atomic E-state index is -0.780. The molecule has 0 spiro atoms. The number of halogens is 1. The van der Waals surface area contributed by atoms with Gasteiger partial charge in [-0.2, -0.15) is 0 Å². The average molecular weight is 247 g/mol. The smallest absolute Gasteiger partial charge is 0.241 e. The molecule has 90 valence electrons. The Morgan fingerprint density at radius 3 is 2.44 bits per heavy atom. The van der Waals surface area contributed by atoms with Crippen LogP contribution in [0.25, 0.3) is 0 Å². The Morgan fingerprint density at radius 1 is 1.38 bits per heavy atom. The van der Waals surface area contributed by atoms with Crippen LogP contribution in [0.2, 0.25) is 0 Å². The number of hydrogen-bond acceptors (Lipinski definition) is 4. The number of aliphatic hydroxyl groups is 1. The molecule has 0 heterocycles. The van der Waals surface area contributed by atoms with Crippen LogP contribution >= 0.6 is 12.4 Å². The Balaban J connectivity index is 0.00000225. The van der Waals surface area contributed by atoms with Crippen molar-refractivity contribution in [1.29, 1.82) is 0 Å². The van der Waals surface area contributed by atoms with E-state index in [1.54, 1.807) is 12.1 Å². The van der Waals surface area contributed by atoms with Gasteiger partial charge in [-0.25, -0.2) is 0 Å². The SMILES string of the molecule is Cl.NC(C(=O)NCCO)c1ccc(O)cc1. The number of nitrogens with two attached hydrogens (primary N) is 1. The summed E-state index contributed by atoms with van der Waals surface area (Å²) in [5.74, 6) is -0.226. The van der Waals surface area contributed by atoms with Crippen molar-refractivity contribution in [3.05, 3.63) is 29.8 Å². The van der Waals surface area contributed by atoms with E-state index in [1.165, 1.54) is 12.1 Å². The third-order valence-electron chi connectivity index (χ3n) is 1.95. The molecule has 0 aliphatic heterocycles. The molecule has 0 aliphatic carbocycles. The van der Waals surface area contributed by atoms with Gasteiger partial charge in [-0.05, 0) is 17.7 Å². The number of carbonyl (C=O) groups excluding carboxylic acids is 1. The number of phenolic OH excluding ortho intramolecular Hbond substituents is 1. The zero-order valence-electron chi connectivity index (χ0n) is 8.59. The van der Waals surface area contributed by atoms with E-state index in [0.717, 1.165) is 0 Å². The normalized spacial score (nSPS) is 11.4. The Kier molecular flexibility index (Phi) is 6.48. The lowest BCUT2D eigenvalue weighted by atomic mass is 10.1. The van der Waals surface area contributed by atoms with E-state index in [-0.39, 0.29) is 37.2 Å². The molecule has 16 heavy (non-hydrogen) atoms. The van der Waals surface area contributed by atoms with E-state index in [4.69, 9.17) is 15.9 Å². The molecule has 1 atom stereocenters. The molecule has 6 heteroatoms. The first-order valence-electron chi connectivity index (χ1n) is 4.58. The monoisotopic (exact) mass is 246 g/mol. The van der Waals surface area contributed by atoms with Crippen molar-refractivity contribution < 1.29 is 15.0 Å². The van der Waals surface area contributed by atoms with Crippen molar-refractivity contribution in [3.63, 3.8) is 0 Å². The van der Waals surface area contributed by atoms with Crippen molar-refractivity contribution in [1.82, 2.24) is 5.32 Å². The molecule has 0 radical (unpaired) electrons. The Morgan fingerprint density at radius 2 is 1.94 bits per heavy atom. The molecule has 0 saturated carbocycles. The maximum absolute atomic E-state index is 11.4. The van der Waals surface area contributed by atoms with Gasteiger partial charge in [0.15, 0.2) is 0 Å². The van der Waals surface area contributed by atoms with Crippen LogP contribution in [0.15, 0.2) is 24.3 Å². The molecule has 1 amide bonds.